The molecule has 1 heterocycles. The van der Waals surface area contributed by atoms with Gasteiger partial charge in [0.1, 0.15) is 12.1 Å². The molecule has 0 saturated carbocycles. The minimum Gasteiger partial charge on any atom is -0.347 e. The Balaban J connectivity index is 1.56. The van der Waals surface area contributed by atoms with E-state index in [-0.39, 0.29) is 11.8 Å². The van der Waals surface area contributed by atoms with Crippen molar-refractivity contribution in [2.24, 2.45) is 5.92 Å². The van der Waals surface area contributed by atoms with Crippen molar-refractivity contribution in [1.82, 2.24) is 20.0 Å². The first kappa shape index (κ1) is 28.3. The molecule has 0 aliphatic carbocycles. The number of piperidine rings is 1. The molecule has 3 aromatic rings. The molecule has 0 radical (unpaired) electrons. The minimum absolute atomic E-state index is 0.0336. The van der Waals surface area contributed by atoms with Gasteiger partial charge in [-0.05, 0) is 54.8 Å². The Labute approximate surface area is 231 Å². The topological polar surface area (TPSA) is 73.0 Å². The Morgan fingerprint density at radius 1 is 0.949 bits per heavy atom. The molecule has 0 spiro atoms. The largest absolute Gasteiger partial charge is 0.347 e. The van der Waals surface area contributed by atoms with Crippen molar-refractivity contribution < 1.29 is 14.4 Å². The molecule has 1 aliphatic rings. The van der Waals surface area contributed by atoms with Gasteiger partial charge in [0.2, 0.25) is 18.2 Å². The summed E-state index contributed by atoms with van der Waals surface area (Å²) in [5, 5.41) is 4.92. The molecule has 1 N–H and O–H groups in total. The molecule has 4 rings (SSSR count). The van der Waals surface area contributed by atoms with Crippen LogP contribution in [-0.4, -0.2) is 85.8 Å². The van der Waals surface area contributed by atoms with Gasteiger partial charge in [0, 0.05) is 39.5 Å². The van der Waals surface area contributed by atoms with Gasteiger partial charge >= 0.3 is 0 Å². The van der Waals surface area contributed by atoms with Crippen molar-refractivity contribution in [2.45, 2.75) is 37.8 Å². The van der Waals surface area contributed by atoms with Crippen LogP contribution < -0.4 is 5.32 Å². The van der Waals surface area contributed by atoms with Crippen LogP contribution in [0.15, 0.2) is 72.8 Å². The van der Waals surface area contributed by atoms with Crippen LogP contribution in [-0.2, 0) is 27.2 Å². The average molecular weight is 529 g/mol. The molecule has 0 unspecified atom stereocenters. The van der Waals surface area contributed by atoms with Crippen molar-refractivity contribution >= 4 is 29.0 Å². The van der Waals surface area contributed by atoms with Gasteiger partial charge < -0.3 is 20.0 Å². The van der Waals surface area contributed by atoms with Gasteiger partial charge in [-0.15, -0.1) is 0 Å². The van der Waals surface area contributed by atoms with Gasteiger partial charge in [0.25, 0.3) is 0 Å². The summed E-state index contributed by atoms with van der Waals surface area (Å²) in [4.78, 5) is 45.0. The Morgan fingerprint density at radius 3 is 2.38 bits per heavy atom. The third-order valence-corrected chi connectivity index (χ3v) is 7.65. The van der Waals surface area contributed by atoms with Crippen molar-refractivity contribution in [3.63, 3.8) is 0 Å². The lowest BCUT2D eigenvalue weighted by Crippen LogP contribution is -2.56. The van der Waals surface area contributed by atoms with Gasteiger partial charge in [0.05, 0.1) is 0 Å². The maximum Gasteiger partial charge on any atom is 0.245 e. The van der Waals surface area contributed by atoms with E-state index in [0.717, 1.165) is 41.3 Å². The number of amides is 3. The molecule has 3 atom stereocenters. The number of rotatable bonds is 11. The maximum absolute atomic E-state index is 14.0. The smallest absolute Gasteiger partial charge is 0.245 e. The highest BCUT2D eigenvalue weighted by molar-refractivity contribution is 5.91. The molecule has 3 amide bonds. The van der Waals surface area contributed by atoms with Crippen LogP contribution in [0.3, 0.4) is 0 Å². The van der Waals surface area contributed by atoms with Crippen LogP contribution in [0.2, 0.25) is 0 Å². The van der Waals surface area contributed by atoms with Crippen molar-refractivity contribution in [3.8, 4) is 0 Å². The average Bonchev–Trinajstić information content (AvgIpc) is 2.95. The monoisotopic (exact) mass is 528 g/mol. The Morgan fingerprint density at radius 2 is 1.67 bits per heavy atom. The number of hydrogen-bond donors (Lipinski definition) is 1. The first-order valence-electron chi connectivity index (χ1n) is 13.8. The number of nitrogens with zero attached hydrogens (tertiary/aromatic N) is 3. The summed E-state index contributed by atoms with van der Waals surface area (Å²) in [6.45, 7) is 2.32. The molecule has 39 heavy (non-hydrogen) atoms. The molecule has 0 bridgehead atoms. The van der Waals surface area contributed by atoms with Gasteiger partial charge in [-0.1, -0.05) is 72.8 Å². The summed E-state index contributed by atoms with van der Waals surface area (Å²) in [5.41, 5.74) is 1.94. The lowest BCUT2D eigenvalue weighted by Gasteiger charge is -2.38. The molecule has 1 saturated heterocycles. The van der Waals surface area contributed by atoms with E-state index in [4.69, 9.17) is 0 Å². The highest BCUT2D eigenvalue weighted by Crippen LogP contribution is 2.22. The van der Waals surface area contributed by atoms with E-state index in [0.29, 0.717) is 38.3 Å². The van der Waals surface area contributed by atoms with E-state index in [1.165, 1.54) is 0 Å². The van der Waals surface area contributed by atoms with E-state index < -0.39 is 12.1 Å². The normalized spacial score (nSPS) is 17.0. The first-order valence-corrected chi connectivity index (χ1v) is 13.8. The van der Waals surface area contributed by atoms with Crippen LogP contribution in [0.5, 0.6) is 0 Å². The summed E-state index contributed by atoms with van der Waals surface area (Å²) in [7, 11) is 5.80. The van der Waals surface area contributed by atoms with E-state index in [1.807, 2.05) is 77.7 Å². The molecule has 206 valence electrons. The number of carbonyl (C=O) groups excluding carboxylic acids is 3. The number of fused-ring (bicyclic) bond motifs is 1. The molecular formula is C32H40N4O3. The van der Waals surface area contributed by atoms with Gasteiger partial charge in [-0.2, -0.15) is 0 Å². The second-order valence-corrected chi connectivity index (χ2v) is 10.9. The molecule has 7 heteroatoms. The zero-order valence-corrected chi connectivity index (χ0v) is 23.3. The van der Waals surface area contributed by atoms with Gasteiger partial charge in [0.15, 0.2) is 0 Å². The number of likely N-dealkylation sites (tertiary alicyclic amines) is 1. The lowest BCUT2D eigenvalue weighted by atomic mass is 9.95. The predicted octanol–water partition coefficient (Wildman–Crippen LogP) is 3.37. The highest BCUT2D eigenvalue weighted by Gasteiger charge is 2.35. The molecule has 1 fully saturated rings. The van der Waals surface area contributed by atoms with E-state index >= 15 is 0 Å². The van der Waals surface area contributed by atoms with E-state index in [1.54, 1.807) is 11.9 Å². The quantitative estimate of drug-likeness (QED) is 0.388. The molecule has 0 aromatic heterocycles. The second kappa shape index (κ2) is 13.4. The summed E-state index contributed by atoms with van der Waals surface area (Å²) in [6.07, 6.45) is 3.38. The minimum atomic E-state index is -0.775. The highest BCUT2D eigenvalue weighted by atomic mass is 16.2. The number of benzene rings is 3. The SMILES string of the molecule is CN(C)C[C@@H]1CCCN(C(=O)[C@@H](Cc2ccccc2)N(C)C(=O)[C@@H](Cc2ccc3ccccc3c2)NC=O)C1. The Kier molecular flexibility index (Phi) is 9.71. The van der Waals surface area contributed by atoms with Crippen molar-refractivity contribution in [1.29, 1.82) is 0 Å². The summed E-state index contributed by atoms with van der Waals surface area (Å²) in [5.74, 6) is 0.105. The maximum atomic E-state index is 14.0. The van der Waals surface area contributed by atoms with E-state index in [2.05, 4.69) is 24.3 Å². The van der Waals surface area contributed by atoms with Crippen LogP contribution in [0.1, 0.15) is 24.0 Å². The van der Waals surface area contributed by atoms with Crippen molar-refractivity contribution in [3.05, 3.63) is 83.9 Å². The predicted molar refractivity (Wildman–Crippen MR) is 155 cm³/mol. The number of nitrogens with one attached hydrogen (secondary N) is 1. The fourth-order valence-corrected chi connectivity index (χ4v) is 5.67. The van der Waals surface area contributed by atoms with Gasteiger partial charge in [-0.3, -0.25) is 14.4 Å². The zero-order valence-electron chi connectivity index (χ0n) is 23.3. The van der Waals surface area contributed by atoms with Crippen LogP contribution in [0.25, 0.3) is 10.8 Å². The van der Waals surface area contributed by atoms with Crippen LogP contribution >= 0.6 is 0 Å². The fourth-order valence-electron chi connectivity index (χ4n) is 5.67. The summed E-state index contributed by atoms with van der Waals surface area (Å²) < 4.78 is 0. The summed E-state index contributed by atoms with van der Waals surface area (Å²) in [6, 6.07) is 22.5. The summed E-state index contributed by atoms with van der Waals surface area (Å²) >= 11 is 0. The molecule has 3 aromatic carbocycles. The first-order chi connectivity index (χ1) is 18.9. The third-order valence-electron chi connectivity index (χ3n) is 7.65. The molecular weight excluding hydrogens is 488 g/mol. The van der Waals surface area contributed by atoms with E-state index in [9.17, 15) is 14.4 Å². The number of hydrogen-bond acceptors (Lipinski definition) is 4. The third kappa shape index (κ3) is 7.45. The molecule has 1 aliphatic heterocycles. The fraction of sp³-hybridized carbons (Fsp3) is 0.406. The second-order valence-electron chi connectivity index (χ2n) is 10.9. The van der Waals surface area contributed by atoms with Gasteiger partial charge in [-0.25, -0.2) is 0 Å². The number of carbonyl (C=O) groups is 3. The van der Waals surface area contributed by atoms with Crippen LogP contribution in [0.4, 0.5) is 0 Å². The lowest BCUT2D eigenvalue weighted by molar-refractivity contribution is -0.147. The standard InChI is InChI=1S/C32H40N4O3/c1-34(2)21-26-12-9-17-36(22-26)32(39)30(20-24-10-5-4-6-11-24)35(3)31(38)29(33-23-37)19-25-15-16-27-13-7-8-14-28(27)18-25/h4-8,10-11,13-16,18,23,26,29-30H,9,12,17,19-22H2,1-3H3,(H,33,37)/t26-,29+,30+/m0/s1. The van der Waals surface area contributed by atoms with Crippen LogP contribution in [0, 0.1) is 5.92 Å². The number of likely N-dealkylation sites (N-methyl/N-ethyl adjacent to an activating group) is 1. The van der Waals surface area contributed by atoms with Crippen molar-refractivity contribution in [2.75, 3.05) is 40.8 Å². The Bertz CT molecular complexity index is 1260. The Hall–Kier alpha value is -3.71. The zero-order chi connectivity index (χ0) is 27.8. The molecule has 7 nitrogen and oxygen atoms in total.